The maximum atomic E-state index is 14.5. The Morgan fingerprint density at radius 2 is 1.62 bits per heavy atom. The standard InChI is InChI=1S/C23H16F11N3O3/c1-10-4-11(2-3-13(10)19(39)35-8-17(38)36-9-21(26,27)28)16-7-20(40-37-16,23(32,33)34)14-5-12(22(29,30)31)6-15(24)18(14)25/h2-6H,7-9H2,1H3,(H,35,39)(H,36,38)/t20-/m1/s1. The highest BCUT2D eigenvalue weighted by molar-refractivity contribution is 6.04. The fourth-order valence-electron chi connectivity index (χ4n) is 3.70. The van der Waals surface area contributed by atoms with Gasteiger partial charge in [-0.15, -0.1) is 0 Å². The Bertz CT molecular complexity index is 1350. The number of oxime groups is 1. The zero-order valence-electron chi connectivity index (χ0n) is 19.8. The highest BCUT2D eigenvalue weighted by Gasteiger charge is 2.64. The van der Waals surface area contributed by atoms with Gasteiger partial charge in [0.15, 0.2) is 11.6 Å². The molecule has 218 valence electrons. The number of carbonyl (C=O) groups excluding carboxylic acids is 2. The minimum atomic E-state index is -5.57. The second-order valence-corrected chi connectivity index (χ2v) is 8.55. The number of halogens is 11. The third-order valence-electron chi connectivity index (χ3n) is 5.68. The first kappa shape index (κ1) is 30.6. The van der Waals surface area contributed by atoms with Crippen molar-refractivity contribution in [2.75, 3.05) is 13.1 Å². The van der Waals surface area contributed by atoms with Crippen LogP contribution in [0.3, 0.4) is 0 Å². The van der Waals surface area contributed by atoms with Crippen molar-refractivity contribution in [1.29, 1.82) is 0 Å². The summed E-state index contributed by atoms with van der Waals surface area (Å²) in [7, 11) is 0. The van der Waals surface area contributed by atoms with Crippen LogP contribution in [0.1, 0.15) is 39.0 Å². The minimum Gasteiger partial charge on any atom is -0.374 e. The quantitative estimate of drug-likeness (QED) is 0.449. The lowest BCUT2D eigenvalue weighted by Gasteiger charge is -2.30. The van der Waals surface area contributed by atoms with Gasteiger partial charge >= 0.3 is 18.5 Å². The monoisotopic (exact) mass is 591 g/mol. The normalized spacial score (nSPS) is 17.8. The largest absolute Gasteiger partial charge is 0.435 e. The molecule has 1 atom stereocenters. The fourth-order valence-corrected chi connectivity index (χ4v) is 3.70. The van der Waals surface area contributed by atoms with E-state index in [1.807, 2.05) is 0 Å². The van der Waals surface area contributed by atoms with Crippen LogP contribution in [0.4, 0.5) is 48.3 Å². The Kier molecular flexibility index (Phi) is 8.09. The summed E-state index contributed by atoms with van der Waals surface area (Å²) in [6.45, 7) is -1.16. The predicted octanol–water partition coefficient (Wildman–Crippen LogP) is 5.28. The molecule has 0 saturated heterocycles. The predicted molar refractivity (Wildman–Crippen MR) is 114 cm³/mol. The summed E-state index contributed by atoms with van der Waals surface area (Å²) in [5, 5.41) is 6.85. The number of nitrogens with zero attached hydrogens (tertiary/aromatic N) is 1. The van der Waals surface area contributed by atoms with E-state index in [2.05, 4.69) is 15.3 Å². The van der Waals surface area contributed by atoms with E-state index in [4.69, 9.17) is 0 Å². The summed E-state index contributed by atoms with van der Waals surface area (Å²) in [5.41, 5.74) is -8.20. The molecule has 1 aliphatic rings. The summed E-state index contributed by atoms with van der Waals surface area (Å²) in [6.07, 6.45) is -16.9. The number of rotatable bonds is 6. The lowest BCUT2D eigenvalue weighted by molar-refractivity contribution is -0.277. The Hall–Kier alpha value is -3.92. The van der Waals surface area contributed by atoms with Crippen LogP contribution in [0.15, 0.2) is 35.5 Å². The molecule has 1 aliphatic heterocycles. The zero-order valence-corrected chi connectivity index (χ0v) is 19.8. The number of nitrogens with one attached hydrogen (secondary N) is 2. The average molecular weight is 591 g/mol. The number of alkyl halides is 9. The van der Waals surface area contributed by atoms with Crippen LogP contribution in [0, 0.1) is 18.6 Å². The lowest BCUT2D eigenvalue weighted by Crippen LogP contribution is -2.43. The van der Waals surface area contributed by atoms with Crippen molar-refractivity contribution in [3.63, 3.8) is 0 Å². The van der Waals surface area contributed by atoms with Crippen molar-refractivity contribution in [1.82, 2.24) is 10.6 Å². The van der Waals surface area contributed by atoms with Gasteiger partial charge < -0.3 is 15.5 Å². The number of aryl methyl sites for hydroxylation is 1. The highest BCUT2D eigenvalue weighted by Crippen LogP contribution is 2.50. The molecule has 0 aliphatic carbocycles. The summed E-state index contributed by atoms with van der Waals surface area (Å²) in [6, 6.07) is 2.73. The zero-order chi connectivity index (χ0) is 30.3. The smallest absolute Gasteiger partial charge is 0.374 e. The van der Waals surface area contributed by atoms with Crippen molar-refractivity contribution in [3.05, 3.63) is 69.8 Å². The van der Waals surface area contributed by atoms with Gasteiger partial charge in [-0.2, -0.15) is 39.5 Å². The lowest BCUT2D eigenvalue weighted by atomic mass is 9.85. The van der Waals surface area contributed by atoms with Crippen LogP contribution >= 0.6 is 0 Å². The van der Waals surface area contributed by atoms with Crippen molar-refractivity contribution >= 4 is 17.5 Å². The first-order valence-corrected chi connectivity index (χ1v) is 10.9. The first-order valence-electron chi connectivity index (χ1n) is 10.9. The maximum Gasteiger partial charge on any atom is 0.435 e. The number of amides is 2. The number of hydrogen-bond donors (Lipinski definition) is 2. The molecule has 0 aromatic heterocycles. The van der Waals surface area contributed by atoms with Gasteiger partial charge in [0.2, 0.25) is 5.91 Å². The fraction of sp³-hybridized carbons (Fsp3) is 0.348. The second-order valence-electron chi connectivity index (χ2n) is 8.55. The van der Waals surface area contributed by atoms with Gasteiger partial charge in [0.25, 0.3) is 11.5 Å². The molecule has 40 heavy (non-hydrogen) atoms. The van der Waals surface area contributed by atoms with Gasteiger partial charge in [0.05, 0.1) is 24.2 Å². The van der Waals surface area contributed by atoms with E-state index >= 15 is 0 Å². The SMILES string of the molecule is Cc1cc(C2=NO[C@](c3cc(C(F)(F)F)cc(F)c3F)(C(F)(F)F)C2)ccc1C(=O)NCC(=O)NCC(F)(F)F. The third kappa shape index (κ3) is 6.44. The topological polar surface area (TPSA) is 79.8 Å². The summed E-state index contributed by atoms with van der Waals surface area (Å²) < 4.78 is 147. The molecule has 0 radical (unpaired) electrons. The molecule has 2 aromatic rings. The summed E-state index contributed by atoms with van der Waals surface area (Å²) in [4.78, 5) is 28.3. The van der Waals surface area contributed by atoms with Gasteiger partial charge in [0.1, 0.15) is 6.54 Å². The molecular weight excluding hydrogens is 575 g/mol. The van der Waals surface area contributed by atoms with E-state index in [1.54, 1.807) is 0 Å². The van der Waals surface area contributed by atoms with E-state index < -0.39 is 83.9 Å². The van der Waals surface area contributed by atoms with Crippen molar-refractivity contribution < 1.29 is 62.7 Å². The van der Waals surface area contributed by atoms with E-state index in [0.717, 1.165) is 18.2 Å². The molecule has 2 N–H and O–H groups in total. The number of carbonyl (C=O) groups is 2. The van der Waals surface area contributed by atoms with Crippen molar-refractivity contribution in [2.45, 2.75) is 37.5 Å². The molecule has 0 spiro atoms. The highest BCUT2D eigenvalue weighted by atomic mass is 19.4. The number of hydrogen-bond acceptors (Lipinski definition) is 4. The average Bonchev–Trinajstić information content (AvgIpc) is 3.28. The van der Waals surface area contributed by atoms with Crippen molar-refractivity contribution in [3.8, 4) is 0 Å². The molecule has 0 bridgehead atoms. The molecule has 2 aromatic carbocycles. The molecule has 6 nitrogen and oxygen atoms in total. The van der Waals surface area contributed by atoms with Gasteiger partial charge in [-0.1, -0.05) is 11.2 Å². The molecule has 1 heterocycles. The third-order valence-corrected chi connectivity index (χ3v) is 5.68. The van der Waals surface area contributed by atoms with Crippen LogP contribution in [0.5, 0.6) is 0 Å². The van der Waals surface area contributed by atoms with E-state index in [9.17, 15) is 57.9 Å². The Morgan fingerprint density at radius 1 is 0.975 bits per heavy atom. The van der Waals surface area contributed by atoms with Gasteiger partial charge in [0, 0.05) is 11.1 Å². The summed E-state index contributed by atoms with van der Waals surface area (Å²) in [5.74, 6) is -6.49. The van der Waals surface area contributed by atoms with Gasteiger partial charge in [-0.3, -0.25) is 9.59 Å². The molecule has 0 saturated carbocycles. The molecule has 0 fully saturated rings. The summed E-state index contributed by atoms with van der Waals surface area (Å²) >= 11 is 0. The van der Waals surface area contributed by atoms with E-state index in [0.29, 0.717) is 0 Å². The molecule has 0 unspecified atom stereocenters. The molecule has 17 heteroatoms. The van der Waals surface area contributed by atoms with Crippen molar-refractivity contribution in [2.24, 2.45) is 5.16 Å². The number of benzene rings is 2. The Morgan fingerprint density at radius 3 is 2.17 bits per heavy atom. The minimum absolute atomic E-state index is 0.0780. The van der Waals surface area contributed by atoms with Gasteiger partial charge in [-0.05, 0) is 42.3 Å². The van der Waals surface area contributed by atoms with Crippen LogP contribution in [0.25, 0.3) is 0 Å². The maximum absolute atomic E-state index is 14.5. The molecular formula is C23H16F11N3O3. The second kappa shape index (κ2) is 10.6. The Labute approximate surface area is 217 Å². The van der Waals surface area contributed by atoms with E-state index in [-0.39, 0.29) is 28.8 Å². The molecule has 3 rings (SSSR count). The Balaban J connectivity index is 1.85. The molecule has 2 amide bonds. The first-order chi connectivity index (χ1) is 18.2. The van der Waals surface area contributed by atoms with Crippen LogP contribution in [-0.2, 0) is 21.4 Å². The van der Waals surface area contributed by atoms with E-state index in [1.165, 1.54) is 12.2 Å². The van der Waals surface area contributed by atoms with Gasteiger partial charge in [-0.25, -0.2) is 8.78 Å². The van der Waals surface area contributed by atoms with Crippen LogP contribution < -0.4 is 10.6 Å². The van der Waals surface area contributed by atoms with Crippen LogP contribution in [-0.4, -0.2) is 43.0 Å². The van der Waals surface area contributed by atoms with Crippen LogP contribution in [0.2, 0.25) is 0 Å².